The molecular formula is C17H23Cl2N3O3. The number of hydrogen-bond acceptors (Lipinski definition) is 4. The van der Waals surface area contributed by atoms with Gasteiger partial charge >= 0.3 is 0 Å². The average molecular weight is 388 g/mol. The monoisotopic (exact) mass is 387 g/mol. The highest BCUT2D eigenvalue weighted by Gasteiger charge is 2.27. The molecule has 0 aliphatic carbocycles. The largest absolute Gasteiger partial charge is 0.484 e. The molecule has 1 aliphatic heterocycles. The van der Waals surface area contributed by atoms with Gasteiger partial charge in [-0.15, -0.1) is 0 Å². The van der Waals surface area contributed by atoms with E-state index < -0.39 is 0 Å². The number of amides is 2. The maximum Gasteiger partial charge on any atom is 0.260 e. The van der Waals surface area contributed by atoms with Gasteiger partial charge in [0.1, 0.15) is 5.75 Å². The quantitative estimate of drug-likeness (QED) is 0.750. The van der Waals surface area contributed by atoms with Crippen LogP contribution < -0.4 is 15.8 Å². The van der Waals surface area contributed by atoms with E-state index in [4.69, 9.17) is 33.7 Å². The molecule has 138 valence electrons. The van der Waals surface area contributed by atoms with Gasteiger partial charge in [-0.05, 0) is 31.4 Å². The molecule has 1 atom stereocenters. The highest BCUT2D eigenvalue weighted by Crippen LogP contribution is 2.26. The number of halogens is 2. The van der Waals surface area contributed by atoms with Crippen molar-refractivity contribution in [2.45, 2.75) is 31.7 Å². The number of nitrogens with zero attached hydrogens (tertiary/aromatic N) is 1. The minimum Gasteiger partial charge on any atom is -0.484 e. The van der Waals surface area contributed by atoms with E-state index >= 15 is 0 Å². The number of hydrogen-bond donors (Lipinski definition) is 2. The molecule has 1 saturated heterocycles. The second-order valence-electron chi connectivity index (χ2n) is 5.94. The van der Waals surface area contributed by atoms with E-state index in [9.17, 15) is 9.59 Å². The van der Waals surface area contributed by atoms with Gasteiger partial charge in [-0.2, -0.15) is 0 Å². The Morgan fingerprint density at radius 3 is 2.80 bits per heavy atom. The third-order valence-corrected chi connectivity index (χ3v) is 4.85. The predicted octanol–water partition coefficient (Wildman–Crippen LogP) is 2.22. The molecule has 2 rings (SSSR count). The van der Waals surface area contributed by atoms with Crippen LogP contribution >= 0.6 is 23.2 Å². The lowest BCUT2D eigenvalue weighted by atomic mass is 10.0. The molecule has 1 heterocycles. The Labute approximate surface area is 157 Å². The van der Waals surface area contributed by atoms with E-state index in [1.54, 1.807) is 23.1 Å². The Bertz CT molecular complexity index is 613. The molecule has 0 radical (unpaired) electrons. The molecule has 0 spiro atoms. The summed E-state index contributed by atoms with van der Waals surface area (Å²) in [5.74, 6) is 0.295. The molecule has 1 fully saturated rings. The van der Waals surface area contributed by atoms with Crippen LogP contribution in [-0.4, -0.2) is 49.0 Å². The summed E-state index contributed by atoms with van der Waals surface area (Å²) in [4.78, 5) is 25.9. The Morgan fingerprint density at radius 1 is 1.28 bits per heavy atom. The molecule has 1 aliphatic rings. The van der Waals surface area contributed by atoms with Gasteiger partial charge in [-0.25, -0.2) is 0 Å². The lowest BCUT2D eigenvalue weighted by Crippen LogP contribution is -2.50. The van der Waals surface area contributed by atoms with Crippen molar-refractivity contribution in [3.63, 3.8) is 0 Å². The third kappa shape index (κ3) is 6.06. The normalized spacial score (nSPS) is 17.2. The highest BCUT2D eigenvalue weighted by molar-refractivity contribution is 6.42. The Kier molecular flexibility index (Phi) is 7.81. The number of benzene rings is 1. The molecule has 6 nitrogen and oxygen atoms in total. The topological polar surface area (TPSA) is 84.7 Å². The maximum absolute atomic E-state index is 12.5. The zero-order valence-electron chi connectivity index (χ0n) is 14.0. The lowest BCUT2D eigenvalue weighted by molar-refractivity contribution is -0.137. The van der Waals surface area contributed by atoms with Crippen molar-refractivity contribution < 1.29 is 14.3 Å². The van der Waals surface area contributed by atoms with Gasteiger partial charge in [0.2, 0.25) is 5.91 Å². The fourth-order valence-corrected chi connectivity index (χ4v) is 3.07. The number of carbonyl (C=O) groups is 2. The number of nitrogens with two attached hydrogens (primary N) is 1. The summed E-state index contributed by atoms with van der Waals surface area (Å²) < 4.78 is 5.53. The standard InChI is InChI=1S/C17H23Cl2N3O3/c18-14-5-4-13(9-15(14)19)25-11-17(24)22-8-2-1-3-12(22)10-21-16(23)6-7-20/h4-5,9,12H,1-3,6-8,10-11,20H2,(H,21,23). The molecule has 3 N–H and O–H groups in total. The van der Waals surface area contributed by atoms with Crippen molar-refractivity contribution >= 4 is 35.0 Å². The van der Waals surface area contributed by atoms with E-state index in [0.717, 1.165) is 19.3 Å². The fraction of sp³-hybridized carbons (Fsp3) is 0.529. The number of piperidine rings is 1. The van der Waals surface area contributed by atoms with E-state index in [2.05, 4.69) is 5.32 Å². The molecule has 8 heteroatoms. The van der Waals surface area contributed by atoms with Crippen LogP contribution in [0.25, 0.3) is 0 Å². The number of ether oxygens (including phenoxy) is 1. The first kappa shape index (κ1) is 19.8. The molecule has 25 heavy (non-hydrogen) atoms. The van der Waals surface area contributed by atoms with Crippen molar-refractivity contribution in [2.75, 3.05) is 26.2 Å². The molecule has 1 aromatic rings. The molecule has 0 aromatic heterocycles. The minimum absolute atomic E-state index is 0.0135. The van der Waals surface area contributed by atoms with Crippen LogP contribution in [0.5, 0.6) is 5.75 Å². The summed E-state index contributed by atoms with van der Waals surface area (Å²) >= 11 is 11.8. The molecule has 2 amide bonds. The van der Waals surface area contributed by atoms with Crippen LogP contribution in [0.15, 0.2) is 18.2 Å². The molecular weight excluding hydrogens is 365 g/mol. The molecule has 1 unspecified atom stereocenters. The van der Waals surface area contributed by atoms with E-state index in [1.807, 2.05) is 0 Å². The number of nitrogens with one attached hydrogen (secondary N) is 1. The second-order valence-corrected chi connectivity index (χ2v) is 6.76. The fourth-order valence-electron chi connectivity index (χ4n) is 2.79. The van der Waals surface area contributed by atoms with Crippen molar-refractivity contribution in [2.24, 2.45) is 5.73 Å². The Balaban J connectivity index is 1.88. The Morgan fingerprint density at radius 2 is 2.08 bits per heavy atom. The van der Waals surface area contributed by atoms with Crippen molar-refractivity contribution in [1.82, 2.24) is 10.2 Å². The smallest absolute Gasteiger partial charge is 0.260 e. The van der Waals surface area contributed by atoms with Crippen molar-refractivity contribution in [3.8, 4) is 5.75 Å². The summed E-state index contributed by atoms with van der Waals surface area (Å²) in [6, 6.07) is 4.86. The lowest BCUT2D eigenvalue weighted by Gasteiger charge is -2.35. The van der Waals surface area contributed by atoms with E-state index in [-0.39, 0.29) is 24.5 Å². The minimum atomic E-state index is -0.108. The van der Waals surface area contributed by atoms with Gasteiger partial charge in [0.15, 0.2) is 6.61 Å². The number of likely N-dealkylation sites (tertiary alicyclic amines) is 1. The molecule has 0 bridgehead atoms. The SMILES string of the molecule is NCCC(=O)NCC1CCCCN1C(=O)COc1ccc(Cl)c(Cl)c1. The van der Waals surface area contributed by atoms with Gasteiger partial charge in [0.25, 0.3) is 5.91 Å². The van der Waals surface area contributed by atoms with E-state index in [0.29, 0.717) is 41.8 Å². The van der Waals surface area contributed by atoms with Crippen LogP contribution in [0.3, 0.4) is 0 Å². The van der Waals surface area contributed by atoms with Gasteiger partial charge < -0.3 is 20.7 Å². The summed E-state index contributed by atoms with van der Waals surface area (Å²) in [5.41, 5.74) is 5.37. The zero-order chi connectivity index (χ0) is 18.2. The van der Waals surface area contributed by atoms with Crippen molar-refractivity contribution in [3.05, 3.63) is 28.2 Å². The van der Waals surface area contributed by atoms with Gasteiger partial charge in [0.05, 0.1) is 10.0 Å². The summed E-state index contributed by atoms with van der Waals surface area (Å²) in [7, 11) is 0. The highest BCUT2D eigenvalue weighted by atomic mass is 35.5. The average Bonchev–Trinajstić information content (AvgIpc) is 2.61. The zero-order valence-corrected chi connectivity index (χ0v) is 15.5. The predicted molar refractivity (Wildman–Crippen MR) is 98.0 cm³/mol. The first-order chi connectivity index (χ1) is 12.0. The van der Waals surface area contributed by atoms with E-state index in [1.165, 1.54) is 0 Å². The van der Waals surface area contributed by atoms with Crippen LogP contribution in [-0.2, 0) is 9.59 Å². The van der Waals surface area contributed by atoms with Crippen LogP contribution in [0.1, 0.15) is 25.7 Å². The molecule has 0 saturated carbocycles. The summed E-state index contributed by atoms with van der Waals surface area (Å²) in [6.45, 7) is 1.35. The van der Waals surface area contributed by atoms with Crippen LogP contribution in [0.2, 0.25) is 10.0 Å². The van der Waals surface area contributed by atoms with Gasteiger partial charge in [0, 0.05) is 38.2 Å². The summed E-state index contributed by atoms with van der Waals surface area (Å²) in [6.07, 6.45) is 3.14. The van der Waals surface area contributed by atoms with Gasteiger partial charge in [-0.1, -0.05) is 23.2 Å². The Hall–Kier alpha value is -1.50. The number of rotatable bonds is 7. The van der Waals surface area contributed by atoms with Crippen LogP contribution in [0.4, 0.5) is 0 Å². The maximum atomic E-state index is 12.5. The first-order valence-electron chi connectivity index (χ1n) is 8.35. The molecule has 1 aromatic carbocycles. The van der Waals surface area contributed by atoms with Crippen LogP contribution in [0, 0.1) is 0 Å². The van der Waals surface area contributed by atoms with Crippen molar-refractivity contribution in [1.29, 1.82) is 0 Å². The number of carbonyl (C=O) groups excluding carboxylic acids is 2. The third-order valence-electron chi connectivity index (χ3n) is 4.11. The van der Waals surface area contributed by atoms with Gasteiger partial charge in [-0.3, -0.25) is 9.59 Å². The summed E-state index contributed by atoms with van der Waals surface area (Å²) in [5, 5.41) is 3.65. The first-order valence-corrected chi connectivity index (χ1v) is 9.11. The second kappa shape index (κ2) is 9.85.